The Bertz CT molecular complexity index is 1030. The van der Waals surface area contributed by atoms with Crippen molar-refractivity contribution in [2.45, 2.75) is 29.4 Å². The van der Waals surface area contributed by atoms with Gasteiger partial charge in [-0.3, -0.25) is 14.7 Å². The number of aryl methyl sites for hydroxylation is 1. The maximum absolute atomic E-state index is 12.6. The van der Waals surface area contributed by atoms with Crippen LogP contribution in [0.4, 0.5) is 5.69 Å². The lowest BCUT2D eigenvalue weighted by Crippen LogP contribution is -2.36. The van der Waals surface area contributed by atoms with Gasteiger partial charge in [0, 0.05) is 36.2 Å². The van der Waals surface area contributed by atoms with Crippen LogP contribution in [0.2, 0.25) is 0 Å². The molecule has 0 saturated heterocycles. The minimum atomic E-state index is -0.393. The lowest BCUT2D eigenvalue weighted by Gasteiger charge is -2.25. The Hall–Kier alpha value is -3.06. The second-order valence-electron chi connectivity index (χ2n) is 7.36. The molecule has 1 aromatic heterocycles. The van der Waals surface area contributed by atoms with Gasteiger partial charge < -0.3 is 10.2 Å². The van der Waals surface area contributed by atoms with Crippen molar-refractivity contribution in [3.05, 3.63) is 66.4 Å². The molecule has 1 atom stereocenters. The molecule has 0 fully saturated rings. The van der Waals surface area contributed by atoms with Crippen LogP contribution in [0, 0.1) is 0 Å². The van der Waals surface area contributed by atoms with Crippen LogP contribution in [-0.2, 0) is 16.0 Å². The molecule has 30 heavy (non-hydrogen) atoms. The van der Waals surface area contributed by atoms with Crippen molar-refractivity contribution in [2.24, 2.45) is 0 Å². The summed E-state index contributed by atoms with van der Waals surface area (Å²) in [6.07, 6.45) is 1.83. The smallest absolute Gasteiger partial charge is 0.238 e. The number of nitrogens with one attached hydrogen (secondary N) is 2. The van der Waals surface area contributed by atoms with Gasteiger partial charge in [0.1, 0.15) is 0 Å². The van der Waals surface area contributed by atoms with Crippen LogP contribution < -0.4 is 5.32 Å². The van der Waals surface area contributed by atoms with Crippen molar-refractivity contribution < 1.29 is 9.59 Å². The number of anilines is 1. The van der Waals surface area contributed by atoms with Gasteiger partial charge >= 0.3 is 0 Å². The van der Waals surface area contributed by atoms with Crippen LogP contribution in [0.1, 0.15) is 18.5 Å². The normalized spacial score (nSPS) is 15.4. The first-order valence-electron chi connectivity index (χ1n) is 10.0. The maximum atomic E-state index is 12.6. The molecule has 2 amide bonds. The fourth-order valence-corrected chi connectivity index (χ4v) is 4.52. The summed E-state index contributed by atoms with van der Waals surface area (Å²) < 4.78 is 0. The molecule has 3 aromatic rings. The number of para-hydroxylation sites is 1. The zero-order valence-corrected chi connectivity index (χ0v) is 17.6. The molecular weight excluding hydrogens is 396 g/mol. The summed E-state index contributed by atoms with van der Waals surface area (Å²) >= 11 is 1.46. The maximum Gasteiger partial charge on any atom is 0.238 e. The molecule has 7 heteroatoms. The summed E-state index contributed by atoms with van der Waals surface area (Å²) in [5.41, 5.74) is 3.88. The molecule has 154 valence electrons. The first kappa shape index (κ1) is 20.2. The number of amides is 2. The largest absolute Gasteiger partial charge is 0.346 e. The first-order valence-corrected chi connectivity index (χ1v) is 10.9. The molecule has 2 aromatic carbocycles. The standard InChI is InChI=1S/C23H24N4O2S/c1-27(13-7-10-17-14-19(26-25-17)16-8-3-2-4-9-16)22(28)15-21-23(29)24-18-11-5-6-12-20(18)30-21/h2-6,8-9,11-12,14,21H,7,10,13,15H2,1H3,(H,24,29)(H,25,26). The predicted molar refractivity (Wildman–Crippen MR) is 119 cm³/mol. The molecule has 2 N–H and O–H groups in total. The Morgan fingerprint density at radius 2 is 1.90 bits per heavy atom. The number of aromatic nitrogens is 2. The van der Waals surface area contributed by atoms with Gasteiger partial charge in [0.05, 0.1) is 16.6 Å². The Morgan fingerprint density at radius 1 is 1.13 bits per heavy atom. The molecule has 0 bridgehead atoms. The molecule has 0 spiro atoms. The molecular formula is C23H24N4O2S. The first-order chi connectivity index (χ1) is 14.6. The fourth-order valence-electron chi connectivity index (χ4n) is 3.42. The molecule has 2 heterocycles. The predicted octanol–water partition coefficient (Wildman–Crippen LogP) is 3.97. The summed E-state index contributed by atoms with van der Waals surface area (Å²) in [6, 6.07) is 19.8. The Labute approximate surface area is 180 Å². The van der Waals surface area contributed by atoms with Crippen molar-refractivity contribution in [1.29, 1.82) is 0 Å². The highest BCUT2D eigenvalue weighted by Crippen LogP contribution is 2.36. The average molecular weight is 421 g/mol. The molecule has 1 unspecified atom stereocenters. The Balaban J connectivity index is 1.25. The van der Waals surface area contributed by atoms with Gasteiger partial charge in [-0.15, -0.1) is 11.8 Å². The Kier molecular flexibility index (Phi) is 6.18. The third-order valence-corrected chi connectivity index (χ3v) is 6.41. The number of thioether (sulfide) groups is 1. The third-order valence-electron chi connectivity index (χ3n) is 5.13. The van der Waals surface area contributed by atoms with E-state index in [9.17, 15) is 9.59 Å². The summed E-state index contributed by atoms with van der Waals surface area (Å²) in [4.78, 5) is 27.6. The van der Waals surface area contributed by atoms with E-state index in [1.807, 2.05) is 54.6 Å². The van der Waals surface area contributed by atoms with E-state index in [1.165, 1.54) is 11.8 Å². The van der Waals surface area contributed by atoms with E-state index in [-0.39, 0.29) is 18.2 Å². The fraction of sp³-hybridized carbons (Fsp3) is 0.261. The molecule has 0 saturated carbocycles. The van der Waals surface area contributed by atoms with Crippen LogP contribution in [0.15, 0.2) is 65.6 Å². The highest BCUT2D eigenvalue weighted by molar-refractivity contribution is 8.01. The molecule has 6 nitrogen and oxygen atoms in total. The number of hydrogen-bond acceptors (Lipinski definition) is 4. The molecule has 0 radical (unpaired) electrons. The minimum Gasteiger partial charge on any atom is -0.346 e. The molecule has 1 aliphatic rings. The monoisotopic (exact) mass is 420 g/mol. The lowest BCUT2D eigenvalue weighted by atomic mass is 10.1. The van der Waals surface area contributed by atoms with Crippen LogP contribution in [-0.4, -0.2) is 45.8 Å². The van der Waals surface area contributed by atoms with Gasteiger partial charge in [0.2, 0.25) is 11.8 Å². The quantitative estimate of drug-likeness (QED) is 0.606. The number of carbonyl (C=O) groups excluding carboxylic acids is 2. The number of hydrogen-bond donors (Lipinski definition) is 2. The van der Waals surface area contributed by atoms with Crippen LogP contribution in [0.5, 0.6) is 0 Å². The lowest BCUT2D eigenvalue weighted by molar-refractivity contribution is -0.131. The van der Waals surface area contributed by atoms with Crippen molar-refractivity contribution in [3.8, 4) is 11.3 Å². The number of nitrogens with zero attached hydrogens (tertiary/aromatic N) is 2. The average Bonchev–Trinajstić information content (AvgIpc) is 3.23. The van der Waals surface area contributed by atoms with E-state index in [0.717, 1.165) is 40.4 Å². The zero-order valence-electron chi connectivity index (χ0n) is 16.8. The molecule has 4 rings (SSSR count). The number of carbonyl (C=O) groups is 2. The van der Waals surface area contributed by atoms with Crippen LogP contribution in [0.3, 0.4) is 0 Å². The van der Waals surface area contributed by atoms with Crippen molar-refractivity contribution in [3.63, 3.8) is 0 Å². The summed E-state index contributed by atoms with van der Waals surface area (Å²) in [5, 5.41) is 9.95. The number of fused-ring (bicyclic) bond motifs is 1. The van der Waals surface area contributed by atoms with E-state index in [4.69, 9.17) is 0 Å². The van der Waals surface area contributed by atoms with Gasteiger partial charge in [-0.1, -0.05) is 42.5 Å². The highest BCUT2D eigenvalue weighted by Gasteiger charge is 2.29. The van der Waals surface area contributed by atoms with Crippen molar-refractivity contribution >= 4 is 29.3 Å². The van der Waals surface area contributed by atoms with Crippen molar-refractivity contribution in [1.82, 2.24) is 15.1 Å². The minimum absolute atomic E-state index is 0.0170. The highest BCUT2D eigenvalue weighted by atomic mass is 32.2. The zero-order chi connectivity index (χ0) is 20.9. The number of aromatic amines is 1. The summed E-state index contributed by atoms with van der Waals surface area (Å²) in [6.45, 7) is 0.633. The second-order valence-corrected chi connectivity index (χ2v) is 8.60. The van der Waals surface area contributed by atoms with Gasteiger partial charge in [0.25, 0.3) is 0 Å². The van der Waals surface area contributed by atoms with E-state index in [0.29, 0.717) is 6.54 Å². The van der Waals surface area contributed by atoms with Gasteiger partial charge in [-0.25, -0.2) is 0 Å². The number of rotatable bonds is 7. The second kappa shape index (κ2) is 9.17. The van der Waals surface area contributed by atoms with Crippen LogP contribution in [0.25, 0.3) is 11.3 Å². The number of benzene rings is 2. The molecule has 1 aliphatic heterocycles. The number of H-pyrrole nitrogens is 1. The van der Waals surface area contributed by atoms with Gasteiger partial charge in [-0.05, 0) is 31.0 Å². The SMILES string of the molecule is CN(CCCc1cc(-c2ccccc2)n[nH]1)C(=O)CC1Sc2ccccc2NC1=O. The van der Waals surface area contributed by atoms with E-state index in [2.05, 4.69) is 21.6 Å². The van der Waals surface area contributed by atoms with Crippen LogP contribution >= 0.6 is 11.8 Å². The van der Waals surface area contributed by atoms with E-state index >= 15 is 0 Å². The van der Waals surface area contributed by atoms with Gasteiger partial charge in [-0.2, -0.15) is 5.10 Å². The summed E-state index contributed by atoms with van der Waals surface area (Å²) in [7, 11) is 1.80. The topological polar surface area (TPSA) is 78.1 Å². The van der Waals surface area contributed by atoms with E-state index in [1.54, 1.807) is 11.9 Å². The molecule has 0 aliphatic carbocycles. The van der Waals surface area contributed by atoms with Gasteiger partial charge in [0.15, 0.2) is 0 Å². The van der Waals surface area contributed by atoms with E-state index < -0.39 is 5.25 Å². The third kappa shape index (κ3) is 4.74. The van der Waals surface area contributed by atoms with Crippen molar-refractivity contribution in [2.75, 3.05) is 18.9 Å². The Morgan fingerprint density at radius 3 is 2.73 bits per heavy atom. The summed E-state index contributed by atoms with van der Waals surface area (Å²) in [5.74, 6) is -0.122.